The highest BCUT2D eigenvalue weighted by Gasteiger charge is 2.26. The van der Waals surface area contributed by atoms with E-state index in [0.29, 0.717) is 42.9 Å². The predicted molar refractivity (Wildman–Crippen MR) is 142 cm³/mol. The van der Waals surface area contributed by atoms with Crippen molar-refractivity contribution >= 4 is 17.8 Å². The number of aromatic nitrogens is 3. The van der Waals surface area contributed by atoms with Crippen molar-refractivity contribution < 1.29 is 29.0 Å². The van der Waals surface area contributed by atoms with E-state index in [9.17, 15) is 19.5 Å². The number of carbonyl (C=O) groups excluding carboxylic acids is 3. The number of hydrogen-bond donors (Lipinski definition) is 2. The Labute approximate surface area is 226 Å². The van der Waals surface area contributed by atoms with Crippen LogP contribution in [0, 0.1) is 5.41 Å². The summed E-state index contributed by atoms with van der Waals surface area (Å²) in [5, 5.41) is 17.5. The van der Waals surface area contributed by atoms with Gasteiger partial charge in [0.1, 0.15) is 23.3 Å². The molecule has 0 aliphatic carbocycles. The number of likely N-dealkylation sites (tertiary alicyclic amines) is 1. The predicted octanol–water partition coefficient (Wildman–Crippen LogP) is 2.91. The van der Waals surface area contributed by atoms with Crippen LogP contribution in [0.15, 0.2) is 48.7 Å². The molecule has 0 bridgehead atoms. The van der Waals surface area contributed by atoms with E-state index in [4.69, 9.17) is 15.2 Å². The van der Waals surface area contributed by atoms with Gasteiger partial charge in [0.15, 0.2) is 6.73 Å². The first-order valence-corrected chi connectivity index (χ1v) is 12.7. The molecule has 1 saturated heterocycles. The Kier molecular flexibility index (Phi) is 8.18. The van der Waals surface area contributed by atoms with E-state index in [-0.39, 0.29) is 42.4 Å². The van der Waals surface area contributed by atoms with E-state index in [2.05, 4.69) is 10.3 Å². The quantitative estimate of drug-likeness (QED) is 0.418. The van der Waals surface area contributed by atoms with Crippen LogP contribution >= 0.6 is 0 Å². The topological polar surface area (TPSA) is 150 Å². The lowest BCUT2D eigenvalue weighted by molar-refractivity contribution is -0.157. The zero-order valence-corrected chi connectivity index (χ0v) is 22.3. The highest BCUT2D eigenvalue weighted by Crippen LogP contribution is 2.28. The third-order valence-corrected chi connectivity index (χ3v) is 6.40. The number of carbonyl (C=O) groups is 3. The summed E-state index contributed by atoms with van der Waals surface area (Å²) in [5.74, 6) is -0.448. The second-order valence-electron chi connectivity index (χ2n) is 10.6. The lowest BCUT2D eigenvalue weighted by Crippen LogP contribution is -2.42. The van der Waals surface area contributed by atoms with Crippen LogP contribution in [-0.4, -0.2) is 62.0 Å². The summed E-state index contributed by atoms with van der Waals surface area (Å²) in [5.41, 5.74) is 7.17. The molecule has 11 nitrogen and oxygen atoms in total. The maximum atomic E-state index is 12.7. The van der Waals surface area contributed by atoms with Gasteiger partial charge in [0, 0.05) is 31.5 Å². The number of nitrogens with two attached hydrogens (primary N) is 1. The minimum atomic E-state index is -0.639. The normalized spacial score (nSPS) is 14.2. The van der Waals surface area contributed by atoms with Crippen LogP contribution in [0.2, 0.25) is 0 Å². The van der Waals surface area contributed by atoms with Crippen molar-refractivity contribution in [1.29, 1.82) is 0 Å². The fourth-order valence-electron chi connectivity index (χ4n) is 4.12. The van der Waals surface area contributed by atoms with Crippen molar-refractivity contribution in [3.05, 3.63) is 59.8 Å². The molecule has 1 aliphatic heterocycles. The van der Waals surface area contributed by atoms with Crippen molar-refractivity contribution in [3.63, 3.8) is 0 Å². The number of benzene rings is 2. The molecule has 0 atom stereocenters. The molecule has 2 amide bonds. The molecular weight excluding hydrogens is 502 g/mol. The number of hydrogen-bond acceptors (Lipinski definition) is 8. The number of esters is 1. The van der Waals surface area contributed by atoms with E-state index in [1.807, 2.05) is 0 Å². The lowest BCUT2D eigenvalue weighted by Gasteiger charge is -2.32. The molecule has 39 heavy (non-hydrogen) atoms. The molecule has 1 aromatic heterocycles. The second-order valence-corrected chi connectivity index (χ2v) is 10.6. The summed E-state index contributed by atoms with van der Waals surface area (Å²) in [4.78, 5) is 38.7. The van der Waals surface area contributed by atoms with Gasteiger partial charge >= 0.3 is 5.97 Å². The monoisotopic (exact) mass is 535 g/mol. The van der Waals surface area contributed by atoms with Gasteiger partial charge in [0.05, 0.1) is 23.6 Å². The minimum absolute atomic E-state index is 0.0162. The highest BCUT2D eigenvalue weighted by molar-refractivity contribution is 5.97. The molecule has 0 radical (unpaired) electrons. The standard InChI is InChI=1S/C28H33N5O6/c1-28(2,3)27(37)38-17-33-16-23(30-31-33)19-6-9-24(22(15-19)26(29)36)39-21-10-12-32(13-11-21)25(35)14-18-4-7-20(34)8-5-18/h4-9,15-16,21,34H,10-14,17H2,1-3H3,(H2,29,36). The third kappa shape index (κ3) is 7.13. The van der Waals surface area contributed by atoms with Crippen molar-refractivity contribution in [3.8, 4) is 22.8 Å². The fraction of sp³-hybridized carbons (Fsp3) is 0.393. The summed E-state index contributed by atoms with van der Waals surface area (Å²) in [7, 11) is 0. The Bertz CT molecular complexity index is 1340. The number of nitrogens with zero attached hydrogens (tertiary/aromatic N) is 4. The number of phenolic OH excluding ortho intramolecular Hbond substituents is 1. The van der Waals surface area contributed by atoms with Gasteiger partial charge < -0.3 is 25.2 Å². The molecule has 2 heterocycles. The number of ether oxygens (including phenoxy) is 2. The summed E-state index contributed by atoms with van der Waals surface area (Å²) < 4.78 is 12.8. The van der Waals surface area contributed by atoms with Crippen LogP contribution in [0.5, 0.6) is 11.5 Å². The van der Waals surface area contributed by atoms with Gasteiger partial charge in [-0.25, -0.2) is 4.68 Å². The molecule has 3 aromatic rings. The first-order valence-electron chi connectivity index (χ1n) is 12.7. The average molecular weight is 536 g/mol. The zero-order valence-electron chi connectivity index (χ0n) is 22.3. The number of phenols is 1. The van der Waals surface area contributed by atoms with Gasteiger partial charge in [0.25, 0.3) is 5.91 Å². The van der Waals surface area contributed by atoms with Crippen LogP contribution in [0.4, 0.5) is 0 Å². The van der Waals surface area contributed by atoms with Gasteiger partial charge in [-0.1, -0.05) is 17.3 Å². The highest BCUT2D eigenvalue weighted by atomic mass is 16.5. The molecule has 0 saturated carbocycles. The van der Waals surface area contributed by atoms with Crippen LogP contribution < -0.4 is 10.5 Å². The van der Waals surface area contributed by atoms with Gasteiger partial charge in [-0.3, -0.25) is 14.4 Å². The van der Waals surface area contributed by atoms with Crippen LogP contribution in [0.3, 0.4) is 0 Å². The molecule has 206 valence electrons. The molecule has 11 heteroatoms. The number of aromatic hydroxyl groups is 1. The second kappa shape index (κ2) is 11.5. The number of piperidine rings is 1. The Balaban J connectivity index is 1.35. The first-order chi connectivity index (χ1) is 18.5. The Morgan fingerprint density at radius 1 is 1.08 bits per heavy atom. The third-order valence-electron chi connectivity index (χ3n) is 6.40. The van der Waals surface area contributed by atoms with Crippen LogP contribution in [-0.2, 0) is 27.5 Å². The smallest absolute Gasteiger partial charge is 0.313 e. The molecule has 0 spiro atoms. The Hall–Kier alpha value is -4.41. The number of amides is 2. The first kappa shape index (κ1) is 27.6. The molecule has 3 N–H and O–H groups in total. The maximum absolute atomic E-state index is 12.7. The van der Waals surface area contributed by atoms with Crippen molar-refractivity contribution in [2.75, 3.05) is 13.1 Å². The van der Waals surface area contributed by atoms with Crippen LogP contribution in [0.25, 0.3) is 11.3 Å². The Morgan fingerprint density at radius 2 is 1.77 bits per heavy atom. The fourth-order valence-corrected chi connectivity index (χ4v) is 4.12. The van der Waals surface area contributed by atoms with E-state index in [1.54, 1.807) is 74.3 Å². The summed E-state index contributed by atoms with van der Waals surface area (Å²) in [6.07, 6.45) is 2.93. The van der Waals surface area contributed by atoms with Crippen LogP contribution in [0.1, 0.15) is 49.5 Å². The summed E-state index contributed by atoms with van der Waals surface area (Å²) >= 11 is 0. The summed E-state index contributed by atoms with van der Waals surface area (Å²) in [6, 6.07) is 11.6. The van der Waals surface area contributed by atoms with Gasteiger partial charge in [-0.2, -0.15) is 0 Å². The molecule has 1 fully saturated rings. The van der Waals surface area contributed by atoms with E-state index in [1.165, 1.54) is 4.68 Å². The molecule has 2 aromatic carbocycles. The molecule has 0 unspecified atom stereocenters. The van der Waals surface area contributed by atoms with Gasteiger partial charge in [-0.15, -0.1) is 5.10 Å². The van der Waals surface area contributed by atoms with E-state index in [0.717, 1.165) is 5.56 Å². The minimum Gasteiger partial charge on any atom is -0.508 e. The largest absolute Gasteiger partial charge is 0.508 e. The lowest BCUT2D eigenvalue weighted by atomic mass is 9.98. The molecule has 1 aliphatic rings. The van der Waals surface area contributed by atoms with Crippen molar-refractivity contribution in [2.24, 2.45) is 11.1 Å². The number of rotatable bonds is 8. The van der Waals surface area contributed by atoms with E-state index < -0.39 is 11.3 Å². The van der Waals surface area contributed by atoms with Crippen molar-refractivity contribution in [2.45, 2.75) is 52.9 Å². The van der Waals surface area contributed by atoms with Gasteiger partial charge in [0.2, 0.25) is 5.91 Å². The molecule has 4 rings (SSSR count). The van der Waals surface area contributed by atoms with E-state index >= 15 is 0 Å². The number of primary amides is 1. The van der Waals surface area contributed by atoms with Gasteiger partial charge in [-0.05, 0) is 56.7 Å². The summed E-state index contributed by atoms with van der Waals surface area (Å²) in [6.45, 7) is 6.28. The zero-order chi connectivity index (χ0) is 28.2. The Morgan fingerprint density at radius 3 is 2.41 bits per heavy atom. The molecular formula is C28H33N5O6. The average Bonchev–Trinajstić information content (AvgIpc) is 3.37. The SMILES string of the molecule is CC(C)(C)C(=O)OCn1cc(-c2ccc(OC3CCN(C(=O)Cc4ccc(O)cc4)CC3)c(C(N)=O)c2)nn1. The van der Waals surface area contributed by atoms with Crippen molar-refractivity contribution in [1.82, 2.24) is 19.9 Å². The maximum Gasteiger partial charge on any atom is 0.313 e.